The third kappa shape index (κ3) is 6.41. The van der Waals surface area contributed by atoms with E-state index in [0.717, 1.165) is 36.4 Å². The summed E-state index contributed by atoms with van der Waals surface area (Å²) in [5, 5.41) is 13.4. The number of nitro benzene ring substituents is 1. The SMILES string of the molecule is COc1cc(/C=C2\NC(=O)N(Cc3ccc([N+](=O)[O-])cc3)C2=O)ccc1OCc1ccc(C(=O)N2CCCCC2)cc1. The largest absolute Gasteiger partial charge is 0.493 e. The Morgan fingerprint density at radius 2 is 1.64 bits per heavy atom. The number of amides is 4. The zero-order valence-corrected chi connectivity index (χ0v) is 23.1. The number of likely N-dealkylation sites (tertiary alicyclic amines) is 1. The summed E-state index contributed by atoms with van der Waals surface area (Å²) in [6, 6.07) is 17.6. The Hall–Kier alpha value is -5.19. The Labute approximate surface area is 242 Å². The Kier molecular flexibility index (Phi) is 8.47. The summed E-state index contributed by atoms with van der Waals surface area (Å²) in [4.78, 5) is 51.4. The van der Waals surface area contributed by atoms with Crippen molar-refractivity contribution in [2.24, 2.45) is 0 Å². The zero-order valence-electron chi connectivity index (χ0n) is 23.1. The number of ether oxygens (including phenoxy) is 2. The quantitative estimate of drug-likeness (QED) is 0.168. The van der Waals surface area contributed by atoms with Gasteiger partial charge in [0.2, 0.25) is 0 Å². The molecule has 2 saturated heterocycles. The van der Waals surface area contributed by atoms with Crippen LogP contribution in [0.2, 0.25) is 0 Å². The Morgan fingerprint density at radius 1 is 0.952 bits per heavy atom. The van der Waals surface area contributed by atoms with E-state index >= 15 is 0 Å². The number of urea groups is 1. The molecule has 0 saturated carbocycles. The maximum atomic E-state index is 12.9. The summed E-state index contributed by atoms with van der Waals surface area (Å²) in [5.74, 6) is 0.482. The number of imide groups is 1. The number of hydrogen-bond acceptors (Lipinski definition) is 7. The predicted octanol–water partition coefficient (Wildman–Crippen LogP) is 4.90. The number of rotatable bonds is 9. The van der Waals surface area contributed by atoms with E-state index in [1.54, 1.807) is 24.3 Å². The molecule has 5 rings (SSSR count). The van der Waals surface area contributed by atoms with E-state index in [1.165, 1.54) is 37.8 Å². The van der Waals surface area contributed by atoms with Gasteiger partial charge in [0.1, 0.15) is 12.3 Å². The molecular weight excluding hydrogens is 540 g/mol. The van der Waals surface area contributed by atoms with Gasteiger partial charge in [-0.3, -0.25) is 24.6 Å². The van der Waals surface area contributed by atoms with E-state index in [2.05, 4.69) is 5.32 Å². The smallest absolute Gasteiger partial charge is 0.329 e. The van der Waals surface area contributed by atoms with Gasteiger partial charge in [-0.15, -0.1) is 0 Å². The van der Waals surface area contributed by atoms with E-state index < -0.39 is 16.9 Å². The number of piperidine rings is 1. The molecule has 0 unspecified atom stereocenters. The van der Waals surface area contributed by atoms with Crippen LogP contribution in [0.5, 0.6) is 11.5 Å². The average molecular weight is 571 g/mol. The highest BCUT2D eigenvalue weighted by Crippen LogP contribution is 2.30. The van der Waals surface area contributed by atoms with Crippen LogP contribution in [0.4, 0.5) is 10.5 Å². The first kappa shape index (κ1) is 28.3. The molecule has 0 aliphatic carbocycles. The first-order valence-corrected chi connectivity index (χ1v) is 13.6. The van der Waals surface area contributed by atoms with Crippen molar-refractivity contribution >= 4 is 29.6 Å². The topological polar surface area (TPSA) is 131 Å². The second-order valence-electron chi connectivity index (χ2n) is 10.1. The highest BCUT2D eigenvalue weighted by molar-refractivity contribution is 6.13. The highest BCUT2D eigenvalue weighted by Gasteiger charge is 2.33. The van der Waals surface area contributed by atoms with Crippen molar-refractivity contribution in [1.82, 2.24) is 15.1 Å². The van der Waals surface area contributed by atoms with Gasteiger partial charge in [0.15, 0.2) is 11.5 Å². The number of non-ortho nitro benzene ring substituents is 1. The van der Waals surface area contributed by atoms with E-state index in [0.29, 0.717) is 28.2 Å². The molecule has 2 fully saturated rings. The van der Waals surface area contributed by atoms with Gasteiger partial charge in [0, 0.05) is 30.8 Å². The Bertz CT molecular complexity index is 1530. The molecule has 0 atom stereocenters. The minimum absolute atomic E-state index is 0.0243. The monoisotopic (exact) mass is 570 g/mol. The van der Waals surface area contributed by atoms with Crippen molar-refractivity contribution < 1.29 is 28.8 Å². The summed E-state index contributed by atoms with van der Waals surface area (Å²) in [7, 11) is 1.51. The molecule has 3 aromatic carbocycles. The standard InChI is InChI=1S/C31H30N4O7/c1-41-28-18-23(17-26-30(37)34(31(38)32-26)19-21-7-12-25(13-8-21)35(39)40)9-14-27(28)42-20-22-5-10-24(11-6-22)29(36)33-15-3-2-4-16-33/h5-14,17-18H,2-4,15-16,19-20H2,1H3,(H,32,38)/b26-17-. The van der Waals surface area contributed by atoms with E-state index in [4.69, 9.17) is 9.47 Å². The van der Waals surface area contributed by atoms with Gasteiger partial charge >= 0.3 is 6.03 Å². The molecule has 11 heteroatoms. The zero-order chi connectivity index (χ0) is 29.6. The van der Waals surface area contributed by atoms with Gasteiger partial charge < -0.3 is 19.7 Å². The third-order valence-electron chi connectivity index (χ3n) is 7.19. The predicted molar refractivity (Wildman–Crippen MR) is 154 cm³/mol. The van der Waals surface area contributed by atoms with E-state index in [1.807, 2.05) is 29.2 Å². The number of hydrogen-bond donors (Lipinski definition) is 1. The first-order chi connectivity index (χ1) is 20.3. The lowest BCUT2D eigenvalue weighted by Crippen LogP contribution is -2.35. The summed E-state index contributed by atoms with van der Waals surface area (Å²) in [5.41, 5.74) is 2.77. The molecule has 0 spiro atoms. The number of nitro groups is 1. The van der Waals surface area contributed by atoms with Crippen LogP contribution in [0, 0.1) is 10.1 Å². The molecule has 0 aromatic heterocycles. The molecule has 3 aromatic rings. The van der Waals surface area contributed by atoms with E-state index in [9.17, 15) is 24.5 Å². The fourth-order valence-electron chi connectivity index (χ4n) is 4.86. The lowest BCUT2D eigenvalue weighted by atomic mass is 10.1. The summed E-state index contributed by atoms with van der Waals surface area (Å²) < 4.78 is 11.5. The number of benzene rings is 3. The van der Waals surface area contributed by atoms with Crippen LogP contribution in [0.3, 0.4) is 0 Å². The van der Waals surface area contributed by atoms with Gasteiger partial charge in [-0.1, -0.05) is 30.3 Å². The normalized spacial score (nSPS) is 16.0. The first-order valence-electron chi connectivity index (χ1n) is 13.6. The molecule has 2 aliphatic rings. The molecule has 2 heterocycles. The third-order valence-corrected chi connectivity index (χ3v) is 7.19. The number of carbonyl (C=O) groups is 3. The molecule has 42 heavy (non-hydrogen) atoms. The van der Waals surface area contributed by atoms with Crippen LogP contribution in [0.15, 0.2) is 72.4 Å². The van der Waals surface area contributed by atoms with Gasteiger partial charge in [-0.25, -0.2) is 4.79 Å². The molecule has 1 N–H and O–H groups in total. The highest BCUT2D eigenvalue weighted by atomic mass is 16.6. The summed E-state index contributed by atoms with van der Waals surface area (Å²) in [6.07, 6.45) is 4.80. The van der Waals surface area contributed by atoms with Crippen LogP contribution in [-0.2, 0) is 17.9 Å². The second-order valence-corrected chi connectivity index (χ2v) is 10.1. The number of carbonyl (C=O) groups excluding carboxylic acids is 3. The van der Waals surface area contributed by atoms with Crippen molar-refractivity contribution in [2.75, 3.05) is 20.2 Å². The molecule has 11 nitrogen and oxygen atoms in total. The van der Waals surface area contributed by atoms with Gasteiger partial charge in [-0.05, 0) is 66.3 Å². The van der Waals surface area contributed by atoms with Gasteiger partial charge in [0.05, 0.1) is 18.6 Å². The van der Waals surface area contributed by atoms with Crippen LogP contribution in [0.1, 0.15) is 46.3 Å². The Morgan fingerprint density at radius 3 is 2.31 bits per heavy atom. The van der Waals surface area contributed by atoms with Gasteiger partial charge in [0.25, 0.3) is 17.5 Å². The summed E-state index contributed by atoms with van der Waals surface area (Å²) >= 11 is 0. The van der Waals surface area contributed by atoms with Crippen LogP contribution >= 0.6 is 0 Å². The minimum atomic E-state index is -0.583. The maximum Gasteiger partial charge on any atom is 0.329 e. The molecule has 0 radical (unpaired) electrons. The number of nitrogens with zero attached hydrogens (tertiary/aromatic N) is 3. The van der Waals surface area contributed by atoms with E-state index in [-0.39, 0.29) is 30.4 Å². The second kappa shape index (κ2) is 12.5. The molecule has 2 aliphatic heterocycles. The average Bonchev–Trinajstić information content (AvgIpc) is 3.28. The minimum Gasteiger partial charge on any atom is -0.493 e. The number of methoxy groups -OCH3 is 1. The van der Waals surface area contributed by atoms with Gasteiger partial charge in [-0.2, -0.15) is 0 Å². The lowest BCUT2D eigenvalue weighted by molar-refractivity contribution is -0.384. The van der Waals surface area contributed by atoms with Crippen molar-refractivity contribution in [1.29, 1.82) is 0 Å². The van der Waals surface area contributed by atoms with Crippen LogP contribution in [-0.4, -0.2) is 52.8 Å². The Balaban J connectivity index is 1.21. The molecular formula is C31H30N4O7. The fraction of sp³-hybridized carbons (Fsp3) is 0.258. The molecule has 4 amide bonds. The van der Waals surface area contributed by atoms with Crippen molar-refractivity contribution in [3.8, 4) is 11.5 Å². The molecule has 0 bridgehead atoms. The number of nitrogens with one attached hydrogen (secondary N) is 1. The van der Waals surface area contributed by atoms with Crippen molar-refractivity contribution in [3.63, 3.8) is 0 Å². The van der Waals surface area contributed by atoms with Crippen molar-refractivity contribution in [2.45, 2.75) is 32.4 Å². The fourth-order valence-corrected chi connectivity index (χ4v) is 4.86. The lowest BCUT2D eigenvalue weighted by Gasteiger charge is -2.26. The maximum absolute atomic E-state index is 12.9. The summed E-state index contributed by atoms with van der Waals surface area (Å²) in [6.45, 7) is 1.85. The van der Waals surface area contributed by atoms with Crippen molar-refractivity contribution in [3.05, 3.63) is 105 Å². The molecule has 216 valence electrons. The van der Waals surface area contributed by atoms with Crippen LogP contribution in [0.25, 0.3) is 6.08 Å². The van der Waals surface area contributed by atoms with Crippen LogP contribution < -0.4 is 14.8 Å².